The van der Waals surface area contributed by atoms with Crippen LogP contribution in [-0.4, -0.2) is 44.1 Å². The Balaban J connectivity index is 2.14. The molecule has 0 aromatic carbocycles. The Morgan fingerprint density at radius 1 is 1.14 bits per heavy atom. The monoisotopic (exact) mass is 317 g/mol. The minimum Gasteiger partial charge on any atom is -0.469 e. The standard InChI is InChI=1S/C15H27NO4S/c1-11-6-4-7-12(10-11)16(2)21(18,19)14-9-5-8-13(14)15(17)20-3/h11-14H,4-10H2,1-3H3. The lowest BCUT2D eigenvalue weighted by Crippen LogP contribution is -2.46. The fraction of sp³-hybridized carbons (Fsp3) is 0.933. The minimum atomic E-state index is -3.43. The van der Waals surface area contributed by atoms with Crippen LogP contribution < -0.4 is 0 Å². The van der Waals surface area contributed by atoms with Crippen molar-refractivity contribution in [2.75, 3.05) is 14.2 Å². The molecular formula is C15H27NO4S. The van der Waals surface area contributed by atoms with E-state index >= 15 is 0 Å². The first-order valence-electron chi connectivity index (χ1n) is 7.92. The summed E-state index contributed by atoms with van der Waals surface area (Å²) in [5, 5.41) is -0.604. The van der Waals surface area contributed by atoms with Crippen LogP contribution in [0.25, 0.3) is 0 Å². The molecule has 2 rings (SSSR count). The molecule has 0 bridgehead atoms. The van der Waals surface area contributed by atoms with Crippen molar-refractivity contribution in [1.29, 1.82) is 0 Å². The summed E-state index contributed by atoms with van der Waals surface area (Å²) in [6, 6.07) is 0.0812. The summed E-state index contributed by atoms with van der Waals surface area (Å²) in [7, 11) is -0.418. The quantitative estimate of drug-likeness (QED) is 0.746. The van der Waals surface area contributed by atoms with Gasteiger partial charge in [0.25, 0.3) is 0 Å². The zero-order valence-electron chi connectivity index (χ0n) is 13.2. The second kappa shape index (κ2) is 6.65. The highest BCUT2D eigenvalue weighted by molar-refractivity contribution is 7.89. The van der Waals surface area contributed by atoms with Gasteiger partial charge in [0.05, 0.1) is 18.3 Å². The van der Waals surface area contributed by atoms with Gasteiger partial charge in [0.15, 0.2) is 0 Å². The highest BCUT2D eigenvalue weighted by Gasteiger charge is 2.45. The first kappa shape index (κ1) is 16.7. The van der Waals surface area contributed by atoms with Crippen molar-refractivity contribution in [2.24, 2.45) is 11.8 Å². The van der Waals surface area contributed by atoms with Gasteiger partial charge in [0, 0.05) is 13.1 Å². The Morgan fingerprint density at radius 2 is 1.81 bits per heavy atom. The van der Waals surface area contributed by atoms with Crippen molar-refractivity contribution in [3.63, 3.8) is 0 Å². The van der Waals surface area contributed by atoms with Crippen molar-refractivity contribution in [2.45, 2.75) is 63.2 Å². The van der Waals surface area contributed by atoms with Crippen molar-refractivity contribution < 1.29 is 17.9 Å². The van der Waals surface area contributed by atoms with E-state index in [1.807, 2.05) is 0 Å². The van der Waals surface area contributed by atoms with Crippen molar-refractivity contribution in [3.8, 4) is 0 Å². The van der Waals surface area contributed by atoms with Crippen molar-refractivity contribution >= 4 is 16.0 Å². The molecule has 0 aromatic rings. The van der Waals surface area contributed by atoms with E-state index in [9.17, 15) is 13.2 Å². The molecule has 0 aromatic heterocycles. The third-order valence-corrected chi connectivity index (χ3v) is 7.59. The number of rotatable bonds is 4. The Kier molecular flexibility index (Phi) is 5.30. The topological polar surface area (TPSA) is 63.7 Å². The van der Waals surface area contributed by atoms with Gasteiger partial charge in [-0.05, 0) is 31.6 Å². The van der Waals surface area contributed by atoms with E-state index in [0.717, 1.165) is 25.7 Å². The lowest BCUT2D eigenvalue weighted by molar-refractivity contribution is -0.145. The summed E-state index contributed by atoms with van der Waals surface area (Å²) in [5.41, 5.74) is 0. The third kappa shape index (κ3) is 3.42. The molecule has 0 saturated heterocycles. The third-order valence-electron chi connectivity index (χ3n) is 5.16. The van der Waals surface area contributed by atoms with Crippen LogP contribution in [0.15, 0.2) is 0 Å². The van der Waals surface area contributed by atoms with E-state index in [4.69, 9.17) is 4.74 Å². The zero-order valence-corrected chi connectivity index (χ0v) is 14.1. The highest BCUT2D eigenvalue weighted by Crippen LogP contribution is 2.36. The van der Waals surface area contributed by atoms with Gasteiger partial charge < -0.3 is 4.74 Å². The number of methoxy groups -OCH3 is 1. The van der Waals surface area contributed by atoms with Gasteiger partial charge in [0.1, 0.15) is 0 Å². The van der Waals surface area contributed by atoms with E-state index in [1.165, 1.54) is 13.5 Å². The molecule has 2 aliphatic rings. The largest absolute Gasteiger partial charge is 0.469 e. The molecule has 4 atom stereocenters. The number of esters is 1. The number of nitrogens with zero attached hydrogens (tertiary/aromatic N) is 1. The van der Waals surface area contributed by atoms with Crippen LogP contribution in [0.1, 0.15) is 51.9 Å². The SMILES string of the molecule is COC(=O)C1CCCC1S(=O)(=O)N(C)C1CCCC(C)C1. The zero-order chi connectivity index (χ0) is 15.6. The van der Waals surface area contributed by atoms with Crippen LogP contribution in [0.4, 0.5) is 0 Å². The Morgan fingerprint density at radius 3 is 2.43 bits per heavy atom. The van der Waals surface area contributed by atoms with E-state index in [0.29, 0.717) is 18.8 Å². The molecule has 4 unspecified atom stereocenters. The fourth-order valence-electron chi connectivity index (χ4n) is 3.86. The number of hydrogen-bond acceptors (Lipinski definition) is 4. The molecule has 2 fully saturated rings. The smallest absolute Gasteiger partial charge is 0.310 e. The summed E-state index contributed by atoms with van der Waals surface area (Å²) in [6.45, 7) is 2.18. The van der Waals surface area contributed by atoms with Crippen LogP contribution in [0, 0.1) is 11.8 Å². The maximum Gasteiger partial charge on any atom is 0.310 e. The van der Waals surface area contributed by atoms with Crippen LogP contribution in [-0.2, 0) is 19.6 Å². The van der Waals surface area contributed by atoms with Crippen molar-refractivity contribution in [1.82, 2.24) is 4.31 Å². The molecule has 0 spiro atoms. The summed E-state index contributed by atoms with van der Waals surface area (Å²) >= 11 is 0. The van der Waals surface area contributed by atoms with Gasteiger partial charge in [-0.1, -0.05) is 26.2 Å². The van der Waals surface area contributed by atoms with Gasteiger partial charge in [-0.3, -0.25) is 4.79 Å². The first-order valence-corrected chi connectivity index (χ1v) is 9.43. The maximum absolute atomic E-state index is 12.9. The van der Waals surface area contributed by atoms with Gasteiger partial charge >= 0.3 is 5.97 Å². The van der Waals surface area contributed by atoms with E-state index < -0.39 is 21.2 Å². The predicted octanol–water partition coefficient (Wildman–Crippen LogP) is 2.17. The number of sulfonamides is 1. The summed E-state index contributed by atoms with van der Waals surface area (Å²) in [4.78, 5) is 11.8. The number of carbonyl (C=O) groups excluding carboxylic acids is 1. The molecule has 2 aliphatic carbocycles. The summed E-state index contributed by atoms with van der Waals surface area (Å²) in [6.07, 6.45) is 6.06. The van der Waals surface area contributed by atoms with Crippen LogP contribution in [0.5, 0.6) is 0 Å². The van der Waals surface area contributed by atoms with Gasteiger partial charge in [-0.15, -0.1) is 0 Å². The lowest BCUT2D eigenvalue weighted by Gasteiger charge is -2.35. The van der Waals surface area contributed by atoms with Crippen LogP contribution in [0.3, 0.4) is 0 Å². The average Bonchev–Trinajstić information content (AvgIpc) is 2.95. The van der Waals surface area contributed by atoms with Gasteiger partial charge in [0.2, 0.25) is 10.0 Å². The molecule has 0 radical (unpaired) electrons. The van der Waals surface area contributed by atoms with E-state index in [1.54, 1.807) is 11.4 Å². The molecule has 0 aliphatic heterocycles. The second-order valence-corrected chi connectivity index (χ2v) is 8.80. The molecular weight excluding hydrogens is 290 g/mol. The Labute approximate surface area is 128 Å². The fourth-order valence-corrected chi connectivity index (χ4v) is 6.02. The van der Waals surface area contributed by atoms with Crippen LogP contribution >= 0.6 is 0 Å². The Hall–Kier alpha value is -0.620. The maximum atomic E-state index is 12.9. The van der Waals surface area contributed by atoms with E-state index in [-0.39, 0.29) is 12.0 Å². The number of carbonyl (C=O) groups is 1. The molecule has 6 heteroatoms. The molecule has 0 heterocycles. The molecule has 0 amide bonds. The van der Waals surface area contributed by atoms with Crippen LogP contribution in [0.2, 0.25) is 0 Å². The van der Waals surface area contributed by atoms with Gasteiger partial charge in [-0.2, -0.15) is 0 Å². The molecule has 5 nitrogen and oxygen atoms in total. The molecule has 0 N–H and O–H groups in total. The highest BCUT2D eigenvalue weighted by atomic mass is 32.2. The molecule has 2 saturated carbocycles. The average molecular weight is 317 g/mol. The second-order valence-electron chi connectivity index (χ2n) is 6.59. The Bertz CT molecular complexity index is 476. The first-order chi connectivity index (χ1) is 9.87. The number of hydrogen-bond donors (Lipinski definition) is 0. The predicted molar refractivity (Wildman–Crippen MR) is 81.2 cm³/mol. The van der Waals surface area contributed by atoms with E-state index in [2.05, 4.69) is 6.92 Å². The number of ether oxygens (including phenoxy) is 1. The molecule has 21 heavy (non-hydrogen) atoms. The minimum absolute atomic E-state index is 0.0812. The summed E-state index contributed by atoms with van der Waals surface area (Å²) < 4.78 is 32.1. The van der Waals surface area contributed by atoms with Gasteiger partial charge in [-0.25, -0.2) is 12.7 Å². The molecule has 122 valence electrons. The summed E-state index contributed by atoms with van der Waals surface area (Å²) in [5.74, 6) is -0.309. The lowest BCUT2D eigenvalue weighted by atomic mass is 9.87. The normalized spacial score (nSPS) is 34.1. The van der Waals surface area contributed by atoms with Crippen molar-refractivity contribution in [3.05, 3.63) is 0 Å².